The lowest BCUT2D eigenvalue weighted by molar-refractivity contribution is 0.686. The average Bonchev–Trinajstić information content (AvgIpc) is 2.58. The van der Waals surface area contributed by atoms with Gasteiger partial charge in [-0.05, 0) is 93.3 Å². The summed E-state index contributed by atoms with van der Waals surface area (Å²) in [7, 11) is 0. The minimum Gasteiger partial charge on any atom is -0.381 e. The van der Waals surface area contributed by atoms with Gasteiger partial charge in [-0.2, -0.15) is 0 Å². The summed E-state index contributed by atoms with van der Waals surface area (Å²) in [6.45, 7) is 7.51. The molecule has 0 saturated carbocycles. The molecule has 2 aromatic carbocycles. The van der Waals surface area contributed by atoms with Gasteiger partial charge in [0.15, 0.2) is 0 Å². The highest BCUT2D eigenvalue weighted by Gasteiger charge is 2.13. The lowest BCUT2D eigenvalue weighted by atomic mass is 9.90. The molecule has 24 heavy (non-hydrogen) atoms. The van der Waals surface area contributed by atoms with E-state index >= 15 is 0 Å². The molecule has 1 aliphatic rings. The molecule has 2 nitrogen and oxygen atoms in total. The maximum absolute atomic E-state index is 3.64. The molecule has 0 heterocycles. The molecular formula is C21H28N2S. The Morgan fingerprint density at radius 2 is 1.71 bits per heavy atom. The number of nitrogens with one attached hydrogen (secondary N) is 2. The van der Waals surface area contributed by atoms with Crippen LogP contribution in [0.3, 0.4) is 0 Å². The third-order valence-electron chi connectivity index (χ3n) is 4.31. The van der Waals surface area contributed by atoms with Crippen LogP contribution in [0.15, 0.2) is 42.5 Å². The monoisotopic (exact) mass is 340 g/mol. The number of aryl methyl sites for hydroxylation is 1. The number of rotatable bonds is 5. The fraction of sp³-hybridized carbons (Fsp3) is 0.429. The van der Waals surface area contributed by atoms with Gasteiger partial charge in [0.05, 0.1) is 0 Å². The molecule has 2 aromatic rings. The first-order chi connectivity index (χ1) is 11.5. The van der Waals surface area contributed by atoms with E-state index < -0.39 is 0 Å². The summed E-state index contributed by atoms with van der Waals surface area (Å²) in [5.74, 6) is 0. The van der Waals surface area contributed by atoms with Crippen LogP contribution in [0, 0.1) is 0 Å². The highest BCUT2D eigenvalue weighted by atomic mass is 32.2. The van der Waals surface area contributed by atoms with Gasteiger partial charge < -0.3 is 10.0 Å². The molecule has 2 N–H and O–H groups in total. The van der Waals surface area contributed by atoms with Gasteiger partial charge in [0, 0.05) is 22.7 Å². The van der Waals surface area contributed by atoms with Crippen LogP contribution in [-0.4, -0.2) is 4.75 Å². The van der Waals surface area contributed by atoms with E-state index in [-0.39, 0.29) is 4.75 Å². The van der Waals surface area contributed by atoms with Crippen molar-refractivity contribution in [1.29, 1.82) is 0 Å². The fourth-order valence-corrected chi connectivity index (χ4v) is 3.61. The van der Waals surface area contributed by atoms with E-state index in [1.807, 2.05) is 0 Å². The zero-order valence-corrected chi connectivity index (χ0v) is 15.8. The first-order valence-electron chi connectivity index (χ1n) is 8.89. The molecule has 3 rings (SSSR count). The molecule has 1 aliphatic carbocycles. The first kappa shape index (κ1) is 17.2. The Kier molecular flexibility index (Phi) is 5.40. The van der Waals surface area contributed by atoms with E-state index in [9.17, 15) is 0 Å². The van der Waals surface area contributed by atoms with Crippen molar-refractivity contribution in [1.82, 2.24) is 0 Å². The molecule has 0 saturated heterocycles. The topological polar surface area (TPSA) is 24.1 Å². The SMILES string of the molecule is CC(C)(C)SNc1ccc(CNc2cccc3c2CCCC3)cc1. The van der Waals surface area contributed by atoms with Gasteiger partial charge in [0.25, 0.3) is 0 Å². The highest BCUT2D eigenvalue weighted by Crippen LogP contribution is 2.28. The van der Waals surface area contributed by atoms with Crippen LogP contribution >= 0.6 is 11.9 Å². The van der Waals surface area contributed by atoms with Gasteiger partial charge in [0.2, 0.25) is 0 Å². The van der Waals surface area contributed by atoms with Crippen LogP contribution in [0.25, 0.3) is 0 Å². The summed E-state index contributed by atoms with van der Waals surface area (Å²) in [6.07, 6.45) is 5.09. The van der Waals surface area contributed by atoms with Crippen LogP contribution in [-0.2, 0) is 19.4 Å². The van der Waals surface area contributed by atoms with Crippen LogP contribution in [0.5, 0.6) is 0 Å². The smallest absolute Gasteiger partial charge is 0.0440 e. The zero-order valence-electron chi connectivity index (χ0n) is 15.0. The maximum atomic E-state index is 3.64. The summed E-state index contributed by atoms with van der Waals surface area (Å²) in [4.78, 5) is 0. The van der Waals surface area contributed by atoms with Crippen LogP contribution in [0.1, 0.15) is 50.3 Å². The lowest BCUT2D eigenvalue weighted by Gasteiger charge is -2.20. The molecule has 0 spiro atoms. The summed E-state index contributed by atoms with van der Waals surface area (Å²) >= 11 is 1.75. The predicted octanol–water partition coefficient (Wildman–Crippen LogP) is 6.04. The second-order valence-corrected chi connectivity index (χ2v) is 9.15. The molecule has 0 fully saturated rings. The summed E-state index contributed by atoms with van der Waals surface area (Å²) in [6, 6.07) is 15.4. The number of fused-ring (bicyclic) bond motifs is 1. The minimum absolute atomic E-state index is 0.215. The van der Waals surface area contributed by atoms with Crippen molar-refractivity contribution in [3.05, 3.63) is 59.2 Å². The van der Waals surface area contributed by atoms with Crippen molar-refractivity contribution in [3.63, 3.8) is 0 Å². The van der Waals surface area contributed by atoms with Gasteiger partial charge in [-0.3, -0.25) is 0 Å². The Labute approximate surface area is 150 Å². The third kappa shape index (κ3) is 4.70. The van der Waals surface area contributed by atoms with Crippen LogP contribution < -0.4 is 10.0 Å². The van der Waals surface area contributed by atoms with Gasteiger partial charge in [0.1, 0.15) is 0 Å². The van der Waals surface area contributed by atoms with Crippen molar-refractivity contribution in [2.75, 3.05) is 10.0 Å². The maximum Gasteiger partial charge on any atom is 0.0440 e. The Bertz CT molecular complexity index is 671. The molecule has 3 heteroatoms. The molecule has 0 bridgehead atoms. The number of hydrogen-bond donors (Lipinski definition) is 2. The number of benzene rings is 2. The number of anilines is 2. The van der Waals surface area contributed by atoms with E-state index in [0.29, 0.717) is 0 Å². The second kappa shape index (κ2) is 7.52. The Balaban J connectivity index is 1.59. The predicted molar refractivity (Wildman–Crippen MR) is 108 cm³/mol. The van der Waals surface area contributed by atoms with Crippen molar-refractivity contribution < 1.29 is 0 Å². The molecule has 0 unspecified atom stereocenters. The highest BCUT2D eigenvalue weighted by molar-refractivity contribution is 8.01. The van der Waals surface area contributed by atoms with Crippen molar-refractivity contribution in [2.45, 2.75) is 57.7 Å². The molecule has 0 amide bonds. The second-order valence-electron chi connectivity index (χ2n) is 7.52. The molecule has 128 valence electrons. The van der Waals surface area contributed by atoms with E-state index in [2.05, 4.69) is 73.3 Å². The molecule has 0 atom stereocenters. The summed E-state index contributed by atoms with van der Waals surface area (Å²) in [5, 5.41) is 3.64. The third-order valence-corrected chi connectivity index (χ3v) is 5.26. The molecular weight excluding hydrogens is 312 g/mol. The zero-order chi connectivity index (χ0) is 17.0. The van der Waals surface area contributed by atoms with Crippen LogP contribution in [0.2, 0.25) is 0 Å². The molecule has 0 aromatic heterocycles. The quantitative estimate of drug-likeness (QED) is 0.649. The molecule has 0 aliphatic heterocycles. The minimum atomic E-state index is 0.215. The molecule has 0 radical (unpaired) electrons. The van der Waals surface area contributed by atoms with E-state index in [4.69, 9.17) is 0 Å². The standard InChI is InChI=1S/C21H28N2S/c1-21(2,3)24-23-18-13-11-16(12-14-18)15-22-20-10-6-8-17-7-4-5-9-19(17)20/h6,8,10-14,22-23H,4-5,7,9,15H2,1-3H3. The van der Waals surface area contributed by atoms with Gasteiger partial charge in [-0.1, -0.05) is 24.3 Å². The van der Waals surface area contributed by atoms with E-state index in [1.165, 1.54) is 48.1 Å². The Hall–Kier alpha value is -1.61. The summed E-state index contributed by atoms with van der Waals surface area (Å²) in [5.41, 5.74) is 6.86. The van der Waals surface area contributed by atoms with Gasteiger partial charge in [-0.15, -0.1) is 0 Å². The Morgan fingerprint density at radius 1 is 0.958 bits per heavy atom. The van der Waals surface area contributed by atoms with Gasteiger partial charge >= 0.3 is 0 Å². The average molecular weight is 341 g/mol. The normalized spacial score (nSPS) is 14.1. The van der Waals surface area contributed by atoms with Crippen molar-refractivity contribution in [2.24, 2.45) is 0 Å². The van der Waals surface area contributed by atoms with E-state index in [0.717, 1.165) is 12.2 Å². The van der Waals surface area contributed by atoms with E-state index in [1.54, 1.807) is 11.9 Å². The largest absolute Gasteiger partial charge is 0.381 e. The lowest BCUT2D eigenvalue weighted by Crippen LogP contribution is -2.10. The fourth-order valence-electron chi connectivity index (χ4n) is 3.05. The van der Waals surface area contributed by atoms with Crippen molar-refractivity contribution >= 4 is 23.3 Å². The van der Waals surface area contributed by atoms with Crippen molar-refractivity contribution in [3.8, 4) is 0 Å². The summed E-state index contributed by atoms with van der Waals surface area (Å²) < 4.78 is 3.64. The number of hydrogen-bond acceptors (Lipinski definition) is 3. The Morgan fingerprint density at radius 3 is 2.46 bits per heavy atom. The van der Waals surface area contributed by atoms with Gasteiger partial charge in [-0.25, -0.2) is 0 Å². The first-order valence-corrected chi connectivity index (χ1v) is 9.70. The van der Waals surface area contributed by atoms with Crippen LogP contribution in [0.4, 0.5) is 11.4 Å².